The summed E-state index contributed by atoms with van der Waals surface area (Å²) in [6.45, 7) is 11.7. The van der Waals surface area contributed by atoms with Crippen LogP contribution in [0.3, 0.4) is 0 Å². The summed E-state index contributed by atoms with van der Waals surface area (Å²) in [6, 6.07) is 8.47. The highest BCUT2D eigenvalue weighted by Crippen LogP contribution is 2.37. The van der Waals surface area contributed by atoms with Crippen LogP contribution in [0.1, 0.15) is 76.6 Å². The van der Waals surface area contributed by atoms with Crippen LogP contribution >= 0.6 is 11.6 Å². The van der Waals surface area contributed by atoms with Crippen LogP contribution in [0.5, 0.6) is 0 Å². The molecular formula is C31H42ClN5O3. The molecule has 0 spiro atoms. The summed E-state index contributed by atoms with van der Waals surface area (Å²) < 4.78 is 0. The third-order valence-corrected chi connectivity index (χ3v) is 8.66. The fourth-order valence-corrected chi connectivity index (χ4v) is 5.70. The molecule has 3 amide bonds. The van der Waals surface area contributed by atoms with Crippen molar-refractivity contribution in [2.24, 2.45) is 11.3 Å². The van der Waals surface area contributed by atoms with Crippen LogP contribution in [0.4, 0.5) is 17.2 Å². The summed E-state index contributed by atoms with van der Waals surface area (Å²) in [7, 11) is 0. The molecule has 2 aliphatic heterocycles. The summed E-state index contributed by atoms with van der Waals surface area (Å²) in [6.07, 6.45) is 7.85. The highest BCUT2D eigenvalue weighted by atomic mass is 35.5. The van der Waals surface area contributed by atoms with Gasteiger partial charge < -0.3 is 10.2 Å². The smallest absolute Gasteiger partial charge is 0.257 e. The number of halogens is 1. The van der Waals surface area contributed by atoms with Gasteiger partial charge in [0.25, 0.3) is 5.91 Å². The van der Waals surface area contributed by atoms with E-state index in [9.17, 15) is 14.4 Å². The number of anilines is 3. The van der Waals surface area contributed by atoms with E-state index in [1.54, 1.807) is 41.4 Å². The number of aromatic nitrogens is 1. The van der Waals surface area contributed by atoms with Crippen LogP contribution in [0, 0.1) is 11.3 Å². The third kappa shape index (κ3) is 6.84. The molecule has 40 heavy (non-hydrogen) atoms. The first-order chi connectivity index (χ1) is 19.1. The average Bonchev–Trinajstić information content (AvgIpc) is 3.07. The number of hydrogen-bond acceptors (Lipinski definition) is 5. The summed E-state index contributed by atoms with van der Waals surface area (Å²) in [5.74, 6) is 0.859. The lowest BCUT2D eigenvalue weighted by Gasteiger charge is -2.33. The second-order valence-corrected chi connectivity index (χ2v) is 12.0. The van der Waals surface area contributed by atoms with Crippen molar-refractivity contribution in [2.75, 3.05) is 42.9 Å². The highest BCUT2D eigenvalue weighted by molar-refractivity contribution is 6.31. The van der Waals surface area contributed by atoms with Crippen molar-refractivity contribution in [1.29, 1.82) is 0 Å². The maximum absolute atomic E-state index is 13.7. The van der Waals surface area contributed by atoms with Crippen molar-refractivity contribution in [3.63, 3.8) is 0 Å². The largest absolute Gasteiger partial charge is 0.343 e. The summed E-state index contributed by atoms with van der Waals surface area (Å²) in [5, 5.41) is 3.29. The minimum Gasteiger partial charge on any atom is -0.343 e. The minimum absolute atomic E-state index is 0.127. The Morgan fingerprint density at radius 2 is 1.90 bits per heavy atom. The zero-order valence-electron chi connectivity index (χ0n) is 24.2. The number of nitrogens with one attached hydrogen (secondary N) is 1. The van der Waals surface area contributed by atoms with Gasteiger partial charge in [-0.2, -0.15) is 0 Å². The molecule has 2 aromatic rings. The molecule has 1 aromatic carbocycles. The fraction of sp³-hybridized carbons (Fsp3) is 0.548. The Hall–Kier alpha value is -2.97. The van der Waals surface area contributed by atoms with Crippen LogP contribution in [-0.2, 0) is 9.59 Å². The molecule has 1 fully saturated rings. The lowest BCUT2D eigenvalue weighted by Crippen LogP contribution is -2.42. The SMILES string of the molecule is CCN(CCCCC1CCN(CC(=O)N2c3ccc(Cl)cc3C(=O)Nc3cccnc32)CC1)C(=O)C(C)(C)CC. The average molecular weight is 568 g/mol. The van der Waals surface area contributed by atoms with E-state index in [0.29, 0.717) is 33.7 Å². The number of rotatable bonds is 10. The van der Waals surface area contributed by atoms with Crippen molar-refractivity contribution in [3.8, 4) is 0 Å². The van der Waals surface area contributed by atoms with Gasteiger partial charge in [-0.3, -0.25) is 24.2 Å². The molecule has 0 atom stereocenters. The summed E-state index contributed by atoms with van der Waals surface area (Å²) in [4.78, 5) is 49.6. The number of carbonyl (C=O) groups excluding carboxylic acids is 3. The molecule has 1 aromatic heterocycles. The van der Waals surface area contributed by atoms with Crippen molar-refractivity contribution in [2.45, 2.75) is 66.2 Å². The molecule has 0 unspecified atom stereocenters. The number of likely N-dealkylation sites (tertiary alicyclic amines) is 1. The number of pyridine rings is 1. The van der Waals surface area contributed by atoms with Gasteiger partial charge in [0.15, 0.2) is 5.82 Å². The van der Waals surface area contributed by atoms with Gasteiger partial charge in [0, 0.05) is 29.7 Å². The first kappa shape index (κ1) is 30.0. The normalized spacial score (nSPS) is 16.1. The molecule has 0 radical (unpaired) electrons. The number of nitrogens with zero attached hydrogens (tertiary/aromatic N) is 4. The van der Waals surface area contributed by atoms with Crippen LogP contribution in [-0.4, -0.2) is 65.2 Å². The molecule has 3 heterocycles. The van der Waals surface area contributed by atoms with Crippen molar-refractivity contribution >= 4 is 46.5 Å². The van der Waals surface area contributed by atoms with E-state index in [0.717, 1.165) is 64.7 Å². The van der Waals surface area contributed by atoms with E-state index in [-0.39, 0.29) is 29.7 Å². The Morgan fingerprint density at radius 3 is 2.60 bits per heavy atom. The van der Waals surface area contributed by atoms with Gasteiger partial charge >= 0.3 is 0 Å². The monoisotopic (exact) mass is 567 g/mol. The zero-order valence-corrected chi connectivity index (χ0v) is 25.0. The number of piperidine rings is 1. The van der Waals surface area contributed by atoms with Crippen LogP contribution in [0.15, 0.2) is 36.5 Å². The maximum Gasteiger partial charge on any atom is 0.257 e. The standard InChI is InChI=1S/C31H42ClN5O3/c1-5-31(3,4)30(40)36(6-2)17-8-7-10-22-14-18-35(19-15-22)21-27(38)37-26-13-12-23(32)20-24(26)29(39)34-25-11-9-16-33-28(25)37/h9,11-13,16,20,22H,5-8,10,14-15,17-19,21H2,1-4H3,(H,34,39). The van der Waals surface area contributed by atoms with E-state index in [2.05, 4.69) is 29.0 Å². The second kappa shape index (κ2) is 13.1. The molecule has 0 aliphatic carbocycles. The summed E-state index contributed by atoms with van der Waals surface area (Å²) in [5.41, 5.74) is 1.03. The number of unbranched alkanes of at least 4 members (excludes halogenated alkanes) is 1. The van der Waals surface area contributed by atoms with Crippen molar-refractivity contribution < 1.29 is 14.4 Å². The van der Waals surface area contributed by atoms with Crippen molar-refractivity contribution in [3.05, 3.63) is 47.1 Å². The molecule has 0 saturated carbocycles. The lowest BCUT2D eigenvalue weighted by molar-refractivity contribution is -0.140. The van der Waals surface area contributed by atoms with Gasteiger partial charge in [-0.15, -0.1) is 0 Å². The predicted octanol–water partition coefficient (Wildman–Crippen LogP) is 6.13. The molecule has 2 aliphatic rings. The van der Waals surface area contributed by atoms with Gasteiger partial charge in [-0.05, 0) is 81.9 Å². The molecule has 9 heteroatoms. The van der Waals surface area contributed by atoms with Crippen LogP contribution < -0.4 is 10.2 Å². The van der Waals surface area contributed by atoms with Gasteiger partial charge in [0.2, 0.25) is 11.8 Å². The van der Waals surface area contributed by atoms with E-state index in [4.69, 9.17) is 11.6 Å². The van der Waals surface area contributed by atoms with Gasteiger partial charge in [-0.1, -0.05) is 45.2 Å². The third-order valence-electron chi connectivity index (χ3n) is 8.43. The Balaban J connectivity index is 1.31. The number of hydrogen-bond donors (Lipinski definition) is 1. The van der Waals surface area contributed by atoms with Gasteiger partial charge in [0.05, 0.1) is 23.5 Å². The number of fused-ring (bicyclic) bond motifs is 2. The quantitative estimate of drug-likeness (QED) is 0.349. The van der Waals surface area contributed by atoms with E-state index in [1.807, 2.05) is 18.7 Å². The van der Waals surface area contributed by atoms with Crippen LogP contribution in [0.25, 0.3) is 0 Å². The number of amides is 3. The number of carbonyl (C=O) groups is 3. The number of benzene rings is 1. The minimum atomic E-state index is -0.316. The molecule has 0 bridgehead atoms. The Kier molecular flexibility index (Phi) is 9.85. The van der Waals surface area contributed by atoms with E-state index >= 15 is 0 Å². The first-order valence-corrected chi connectivity index (χ1v) is 14.9. The maximum atomic E-state index is 13.7. The topological polar surface area (TPSA) is 85.8 Å². The molecule has 4 rings (SSSR count). The Morgan fingerprint density at radius 1 is 1.15 bits per heavy atom. The lowest BCUT2D eigenvalue weighted by atomic mass is 9.88. The Bertz CT molecular complexity index is 1230. The van der Waals surface area contributed by atoms with E-state index < -0.39 is 0 Å². The molecule has 8 nitrogen and oxygen atoms in total. The summed E-state index contributed by atoms with van der Waals surface area (Å²) >= 11 is 6.18. The van der Waals surface area contributed by atoms with Gasteiger partial charge in [0.1, 0.15) is 0 Å². The second-order valence-electron chi connectivity index (χ2n) is 11.6. The highest BCUT2D eigenvalue weighted by Gasteiger charge is 2.32. The first-order valence-electron chi connectivity index (χ1n) is 14.5. The predicted molar refractivity (Wildman–Crippen MR) is 160 cm³/mol. The Labute approximate surface area is 243 Å². The molecule has 216 valence electrons. The van der Waals surface area contributed by atoms with Crippen LogP contribution in [0.2, 0.25) is 5.02 Å². The van der Waals surface area contributed by atoms with Gasteiger partial charge in [-0.25, -0.2) is 4.98 Å². The molecular weight excluding hydrogens is 526 g/mol. The van der Waals surface area contributed by atoms with Crippen molar-refractivity contribution in [1.82, 2.24) is 14.8 Å². The zero-order chi connectivity index (χ0) is 28.9. The van der Waals surface area contributed by atoms with E-state index in [1.165, 1.54) is 0 Å². The molecule has 1 N–H and O–H groups in total. The fourth-order valence-electron chi connectivity index (χ4n) is 5.53. The molecule has 1 saturated heterocycles.